The predicted octanol–water partition coefficient (Wildman–Crippen LogP) is 6.48. The first-order valence-corrected chi connectivity index (χ1v) is 15.7. The van der Waals surface area contributed by atoms with Gasteiger partial charge in [-0.1, -0.05) is 38.1 Å². The van der Waals surface area contributed by atoms with Crippen LogP contribution in [0.15, 0.2) is 85.1 Å². The van der Waals surface area contributed by atoms with Crippen molar-refractivity contribution in [1.29, 1.82) is 0 Å². The summed E-state index contributed by atoms with van der Waals surface area (Å²) in [6.45, 7) is 7.72. The van der Waals surface area contributed by atoms with E-state index in [2.05, 4.69) is 10.3 Å². The first-order valence-electron chi connectivity index (χ1n) is 15.7. The van der Waals surface area contributed by atoms with Crippen molar-refractivity contribution in [2.24, 2.45) is 5.73 Å². The number of ether oxygens (including phenoxy) is 1. The summed E-state index contributed by atoms with van der Waals surface area (Å²) in [5.41, 5.74) is 11.1. The topological polar surface area (TPSA) is 97.5 Å². The van der Waals surface area contributed by atoms with Gasteiger partial charge in [0.1, 0.15) is 17.7 Å². The molecule has 9 heteroatoms. The van der Waals surface area contributed by atoms with Gasteiger partial charge < -0.3 is 20.7 Å². The fraction of sp³-hybridized carbons (Fsp3) is 0.324. The summed E-state index contributed by atoms with van der Waals surface area (Å²) < 4.78 is 33.8. The lowest BCUT2D eigenvalue weighted by atomic mass is 10.0. The van der Waals surface area contributed by atoms with Gasteiger partial charge in [0.05, 0.1) is 11.3 Å². The van der Waals surface area contributed by atoms with Gasteiger partial charge in [-0.3, -0.25) is 9.78 Å². The first-order chi connectivity index (χ1) is 22.2. The van der Waals surface area contributed by atoms with Crippen molar-refractivity contribution in [2.75, 3.05) is 19.6 Å². The molecular weight excluding hydrogens is 586 g/mol. The molecule has 0 saturated carbocycles. The molecule has 0 aliphatic rings. The number of hydrogen-bond acceptors (Lipinski definition) is 6. The number of rotatable bonds is 15. The van der Waals surface area contributed by atoms with Crippen molar-refractivity contribution in [1.82, 2.24) is 15.2 Å². The molecule has 3 aromatic carbocycles. The Morgan fingerprint density at radius 1 is 0.891 bits per heavy atom. The van der Waals surface area contributed by atoms with Gasteiger partial charge >= 0.3 is 5.97 Å². The Hall–Kier alpha value is -4.47. The third-order valence-electron chi connectivity index (χ3n) is 7.53. The smallest absolute Gasteiger partial charge is 0.338 e. The highest BCUT2D eigenvalue weighted by Crippen LogP contribution is 2.19. The van der Waals surface area contributed by atoms with Crippen LogP contribution in [0.25, 0.3) is 11.3 Å². The minimum atomic E-state index is -0.853. The van der Waals surface area contributed by atoms with Gasteiger partial charge in [0.25, 0.3) is 5.91 Å². The highest BCUT2D eigenvalue weighted by Gasteiger charge is 2.25. The Kier molecular flexibility index (Phi) is 12.5. The predicted molar refractivity (Wildman–Crippen MR) is 176 cm³/mol. The highest BCUT2D eigenvalue weighted by atomic mass is 19.1. The lowest BCUT2D eigenvalue weighted by molar-refractivity contribution is 0.0238. The van der Waals surface area contributed by atoms with Crippen LogP contribution in [0.4, 0.5) is 8.78 Å². The average molecular weight is 629 g/mol. The first kappa shape index (κ1) is 34.4. The molecule has 3 N–H and O–H groups in total. The lowest BCUT2D eigenvalue weighted by Gasteiger charge is -2.25. The fourth-order valence-electron chi connectivity index (χ4n) is 5.41. The van der Waals surface area contributed by atoms with E-state index in [9.17, 15) is 18.4 Å². The van der Waals surface area contributed by atoms with Gasteiger partial charge in [-0.05, 0) is 91.4 Å². The van der Waals surface area contributed by atoms with Crippen LogP contribution in [0.5, 0.6) is 0 Å². The minimum absolute atomic E-state index is 0.0734. The molecule has 0 bridgehead atoms. The zero-order valence-corrected chi connectivity index (χ0v) is 26.6. The van der Waals surface area contributed by atoms with Gasteiger partial charge in [0.15, 0.2) is 0 Å². The molecule has 0 aliphatic heterocycles. The lowest BCUT2D eigenvalue weighted by Crippen LogP contribution is -2.46. The molecule has 2 atom stereocenters. The van der Waals surface area contributed by atoms with Crippen LogP contribution in [0.3, 0.4) is 0 Å². The SMILES string of the molecule is CCCN(CCC)C(=O)c1cc(C)cc(C(=O)O[C@H](CNCc2cccc(-c3ccccn3)c2)[C@@H](N)Cc2cc(F)cc(F)c2)c1. The number of amides is 1. The number of halogens is 2. The van der Waals surface area contributed by atoms with E-state index in [1.165, 1.54) is 12.1 Å². The van der Waals surface area contributed by atoms with E-state index < -0.39 is 29.7 Å². The van der Waals surface area contributed by atoms with Crippen molar-refractivity contribution in [3.63, 3.8) is 0 Å². The van der Waals surface area contributed by atoms with Crippen LogP contribution < -0.4 is 11.1 Å². The molecule has 0 saturated heterocycles. The summed E-state index contributed by atoms with van der Waals surface area (Å²) >= 11 is 0. The number of aromatic nitrogens is 1. The normalized spacial score (nSPS) is 12.4. The summed E-state index contributed by atoms with van der Waals surface area (Å²) in [4.78, 5) is 33.1. The van der Waals surface area contributed by atoms with Gasteiger partial charge in [-0.15, -0.1) is 0 Å². The molecule has 0 unspecified atom stereocenters. The molecule has 46 heavy (non-hydrogen) atoms. The Bertz CT molecular complexity index is 1590. The highest BCUT2D eigenvalue weighted by molar-refractivity contribution is 5.98. The Morgan fingerprint density at radius 2 is 1.61 bits per heavy atom. The van der Waals surface area contributed by atoms with Crippen molar-refractivity contribution >= 4 is 11.9 Å². The number of hydrogen-bond donors (Lipinski definition) is 2. The van der Waals surface area contributed by atoms with Crippen LogP contribution >= 0.6 is 0 Å². The molecule has 0 spiro atoms. The van der Waals surface area contributed by atoms with Crippen LogP contribution in [-0.4, -0.2) is 53.5 Å². The Labute approximate surface area is 269 Å². The number of esters is 1. The number of aryl methyl sites for hydroxylation is 1. The van der Waals surface area contributed by atoms with E-state index in [-0.39, 0.29) is 24.4 Å². The van der Waals surface area contributed by atoms with Gasteiger partial charge in [0.2, 0.25) is 0 Å². The maximum atomic E-state index is 13.9. The molecule has 0 aliphatic carbocycles. The molecule has 1 aromatic heterocycles. The van der Waals surface area contributed by atoms with E-state index in [1.807, 2.05) is 63.2 Å². The monoisotopic (exact) mass is 628 g/mol. The number of pyridine rings is 1. The van der Waals surface area contributed by atoms with Crippen molar-refractivity contribution < 1.29 is 23.1 Å². The Balaban J connectivity index is 1.53. The largest absolute Gasteiger partial charge is 0.456 e. The third kappa shape index (κ3) is 9.76. The molecule has 4 rings (SSSR count). The van der Waals surface area contributed by atoms with Crippen LogP contribution in [0.2, 0.25) is 0 Å². The maximum absolute atomic E-state index is 13.9. The molecular formula is C37H42F2N4O3. The quantitative estimate of drug-likeness (QED) is 0.146. The van der Waals surface area contributed by atoms with E-state index in [0.717, 1.165) is 41.3 Å². The number of nitrogens with two attached hydrogens (primary N) is 1. The number of nitrogens with zero attached hydrogens (tertiary/aromatic N) is 2. The average Bonchev–Trinajstić information content (AvgIpc) is 3.03. The van der Waals surface area contributed by atoms with E-state index in [1.54, 1.807) is 29.3 Å². The summed E-state index contributed by atoms with van der Waals surface area (Å²) in [5.74, 6) is -2.20. The zero-order chi connectivity index (χ0) is 33.1. The molecule has 0 radical (unpaired) electrons. The van der Waals surface area contributed by atoms with Gasteiger partial charge in [-0.25, -0.2) is 13.6 Å². The maximum Gasteiger partial charge on any atom is 0.338 e. The third-order valence-corrected chi connectivity index (χ3v) is 7.53. The minimum Gasteiger partial charge on any atom is -0.456 e. The fourth-order valence-corrected chi connectivity index (χ4v) is 5.41. The summed E-state index contributed by atoms with van der Waals surface area (Å²) in [6, 6.07) is 21.1. The molecule has 0 fully saturated rings. The van der Waals surface area contributed by atoms with E-state index in [4.69, 9.17) is 10.5 Å². The standard InChI is InChI=1S/C37H42F2N4O3/c1-4-13-43(14-5-2)36(44)29-15-25(3)16-30(21-29)37(45)46-35(33(40)20-27-18-31(38)22-32(39)19-27)24-41-23-26-9-8-10-28(17-26)34-11-6-7-12-42-34/h6-12,15-19,21-22,33,35,41H,4-5,13-14,20,23-24,40H2,1-3H3/t33-,35+/m0/s1. The van der Waals surface area contributed by atoms with Gasteiger partial charge in [0, 0.05) is 55.6 Å². The second kappa shape index (κ2) is 16.7. The van der Waals surface area contributed by atoms with Crippen molar-refractivity contribution in [3.05, 3.63) is 125 Å². The van der Waals surface area contributed by atoms with Crippen molar-refractivity contribution in [2.45, 2.75) is 58.7 Å². The molecule has 4 aromatic rings. The van der Waals surface area contributed by atoms with Gasteiger partial charge in [-0.2, -0.15) is 0 Å². The number of carbonyl (C=O) groups is 2. The number of nitrogens with one attached hydrogen (secondary N) is 1. The zero-order valence-electron chi connectivity index (χ0n) is 26.6. The summed E-state index contributed by atoms with van der Waals surface area (Å²) in [6.07, 6.45) is 2.60. The molecule has 7 nitrogen and oxygen atoms in total. The molecule has 242 valence electrons. The molecule has 1 heterocycles. The van der Waals surface area contributed by atoms with Crippen molar-refractivity contribution in [3.8, 4) is 11.3 Å². The van der Waals surface area contributed by atoms with Crippen LogP contribution in [0.1, 0.15) is 64.1 Å². The second-order valence-corrected chi connectivity index (χ2v) is 11.5. The van der Waals surface area contributed by atoms with E-state index >= 15 is 0 Å². The van der Waals surface area contributed by atoms with E-state index in [0.29, 0.717) is 30.8 Å². The summed E-state index contributed by atoms with van der Waals surface area (Å²) in [5, 5.41) is 3.32. The number of benzene rings is 3. The second-order valence-electron chi connectivity index (χ2n) is 11.5. The Morgan fingerprint density at radius 3 is 2.28 bits per heavy atom. The number of carbonyl (C=O) groups excluding carboxylic acids is 2. The van der Waals surface area contributed by atoms with Crippen LogP contribution in [0, 0.1) is 18.6 Å². The summed E-state index contributed by atoms with van der Waals surface area (Å²) in [7, 11) is 0. The molecule has 1 amide bonds. The van der Waals surface area contributed by atoms with Crippen LogP contribution in [-0.2, 0) is 17.7 Å².